The van der Waals surface area contributed by atoms with Crippen LogP contribution in [0.3, 0.4) is 0 Å². The molecule has 0 saturated heterocycles. The fraction of sp³-hybridized carbons (Fsp3) is 0.188. The molecule has 3 rings (SSSR count). The maximum absolute atomic E-state index is 5.60. The molecule has 0 radical (unpaired) electrons. The summed E-state index contributed by atoms with van der Waals surface area (Å²) in [7, 11) is 0. The maximum atomic E-state index is 5.60. The lowest BCUT2D eigenvalue weighted by molar-refractivity contribution is 0.244. The van der Waals surface area contributed by atoms with Gasteiger partial charge in [0.15, 0.2) is 12.1 Å². The van der Waals surface area contributed by atoms with E-state index < -0.39 is 0 Å². The van der Waals surface area contributed by atoms with Crippen LogP contribution in [-0.2, 0) is 0 Å². The van der Waals surface area contributed by atoms with Crippen molar-refractivity contribution in [2.75, 3.05) is 6.61 Å². The molecule has 0 saturated carbocycles. The lowest BCUT2D eigenvalue weighted by Crippen LogP contribution is -1.95. The molecule has 3 heteroatoms. The molecule has 0 N–H and O–H groups in total. The molecule has 0 atom stereocenters. The van der Waals surface area contributed by atoms with Gasteiger partial charge >= 0.3 is 5.95 Å². The predicted octanol–water partition coefficient (Wildman–Crippen LogP) is 4.28. The predicted molar refractivity (Wildman–Crippen MR) is 75.2 cm³/mol. The van der Waals surface area contributed by atoms with Crippen LogP contribution in [0.25, 0.3) is 22.0 Å². The van der Waals surface area contributed by atoms with Crippen LogP contribution >= 0.6 is 0 Å². The molecule has 0 spiro atoms. The summed E-state index contributed by atoms with van der Waals surface area (Å²) in [6, 6.07) is 14.4. The highest BCUT2D eigenvalue weighted by Gasteiger charge is 2.14. The van der Waals surface area contributed by atoms with Gasteiger partial charge in [0.2, 0.25) is 0 Å². The zero-order chi connectivity index (χ0) is 13.1. The Kier molecular flexibility index (Phi) is 3.19. The SMILES string of the molecule is CCCOc1ocnc1-c1cccc2ccccc12. The number of fused-ring (bicyclic) bond motifs is 1. The Labute approximate surface area is 111 Å². The van der Waals surface area contributed by atoms with E-state index in [1.165, 1.54) is 11.8 Å². The minimum absolute atomic E-state index is 0.498. The Morgan fingerprint density at radius 2 is 1.95 bits per heavy atom. The van der Waals surface area contributed by atoms with Gasteiger partial charge in [0, 0.05) is 5.56 Å². The molecule has 96 valence electrons. The molecule has 0 aliphatic heterocycles. The van der Waals surface area contributed by atoms with E-state index in [2.05, 4.69) is 30.1 Å². The molecule has 0 aliphatic carbocycles. The smallest absolute Gasteiger partial charge is 0.313 e. The van der Waals surface area contributed by atoms with Gasteiger partial charge in [-0.3, -0.25) is 0 Å². The fourth-order valence-electron chi connectivity index (χ4n) is 2.14. The number of ether oxygens (including phenoxy) is 1. The normalized spacial score (nSPS) is 10.8. The first kappa shape index (κ1) is 11.8. The Morgan fingerprint density at radius 1 is 1.11 bits per heavy atom. The van der Waals surface area contributed by atoms with Gasteiger partial charge in [0.1, 0.15) is 0 Å². The van der Waals surface area contributed by atoms with Gasteiger partial charge in [0.25, 0.3) is 0 Å². The van der Waals surface area contributed by atoms with Gasteiger partial charge in [0.05, 0.1) is 6.61 Å². The molecule has 0 unspecified atom stereocenters. The van der Waals surface area contributed by atoms with E-state index in [4.69, 9.17) is 9.15 Å². The Balaban J connectivity index is 2.12. The summed E-state index contributed by atoms with van der Waals surface area (Å²) in [5, 5.41) is 2.34. The third-order valence-electron chi connectivity index (χ3n) is 3.02. The van der Waals surface area contributed by atoms with E-state index in [1.54, 1.807) is 0 Å². The summed E-state index contributed by atoms with van der Waals surface area (Å²) in [6.45, 7) is 2.70. The van der Waals surface area contributed by atoms with E-state index in [0.29, 0.717) is 12.6 Å². The number of nitrogens with zero attached hydrogens (tertiary/aromatic N) is 1. The summed E-state index contributed by atoms with van der Waals surface area (Å²) < 4.78 is 10.9. The molecule has 0 fully saturated rings. The zero-order valence-electron chi connectivity index (χ0n) is 10.8. The first-order valence-corrected chi connectivity index (χ1v) is 6.44. The first-order valence-electron chi connectivity index (χ1n) is 6.44. The highest BCUT2D eigenvalue weighted by atomic mass is 16.6. The molecule has 2 aromatic carbocycles. The summed E-state index contributed by atoms with van der Waals surface area (Å²) in [5.74, 6) is 0.498. The molecule has 0 amide bonds. The van der Waals surface area contributed by atoms with Crippen molar-refractivity contribution in [3.05, 3.63) is 48.9 Å². The molecule has 3 aromatic rings. The minimum atomic E-state index is 0.498. The topological polar surface area (TPSA) is 35.3 Å². The zero-order valence-corrected chi connectivity index (χ0v) is 10.8. The molecule has 1 aromatic heterocycles. The number of oxazole rings is 1. The van der Waals surface area contributed by atoms with Crippen LogP contribution in [0, 0.1) is 0 Å². The van der Waals surface area contributed by atoms with Crippen LogP contribution in [0.5, 0.6) is 5.95 Å². The summed E-state index contributed by atoms with van der Waals surface area (Å²) >= 11 is 0. The molecule has 1 heterocycles. The van der Waals surface area contributed by atoms with E-state index >= 15 is 0 Å². The Hall–Kier alpha value is -2.29. The summed E-state index contributed by atoms with van der Waals surface area (Å²) in [4.78, 5) is 4.30. The molecular weight excluding hydrogens is 238 g/mol. The standard InChI is InChI=1S/C16H15NO2/c1-2-10-18-16-15(17-11-19-16)14-9-5-7-12-6-3-4-8-13(12)14/h3-9,11H,2,10H2,1H3. The van der Waals surface area contributed by atoms with Crippen molar-refractivity contribution in [2.45, 2.75) is 13.3 Å². The number of benzene rings is 2. The van der Waals surface area contributed by atoms with Crippen molar-refractivity contribution >= 4 is 10.8 Å². The number of aromatic nitrogens is 1. The van der Waals surface area contributed by atoms with Gasteiger partial charge in [-0.15, -0.1) is 0 Å². The number of rotatable bonds is 4. The van der Waals surface area contributed by atoms with E-state index in [-0.39, 0.29) is 0 Å². The number of hydrogen-bond acceptors (Lipinski definition) is 3. The Bertz CT molecular complexity index is 683. The van der Waals surface area contributed by atoms with E-state index in [0.717, 1.165) is 23.1 Å². The van der Waals surface area contributed by atoms with Crippen LogP contribution < -0.4 is 4.74 Å². The van der Waals surface area contributed by atoms with Crippen molar-refractivity contribution in [1.82, 2.24) is 4.98 Å². The maximum Gasteiger partial charge on any atom is 0.313 e. The monoisotopic (exact) mass is 253 g/mol. The van der Waals surface area contributed by atoms with E-state index in [1.807, 2.05) is 24.3 Å². The summed E-state index contributed by atoms with van der Waals surface area (Å²) in [6.07, 6.45) is 2.37. The van der Waals surface area contributed by atoms with Crippen molar-refractivity contribution < 1.29 is 9.15 Å². The summed E-state index contributed by atoms with van der Waals surface area (Å²) in [5.41, 5.74) is 1.81. The van der Waals surface area contributed by atoms with Gasteiger partial charge in [-0.05, 0) is 17.2 Å². The van der Waals surface area contributed by atoms with Gasteiger partial charge < -0.3 is 9.15 Å². The fourth-order valence-corrected chi connectivity index (χ4v) is 2.14. The molecule has 0 aliphatic rings. The second-order valence-corrected chi connectivity index (χ2v) is 4.36. The third kappa shape index (κ3) is 2.19. The minimum Gasteiger partial charge on any atom is -0.464 e. The van der Waals surface area contributed by atoms with Gasteiger partial charge in [-0.2, -0.15) is 0 Å². The average Bonchev–Trinajstić information content (AvgIpc) is 2.92. The van der Waals surface area contributed by atoms with Crippen molar-refractivity contribution in [1.29, 1.82) is 0 Å². The first-order chi connectivity index (χ1) is 9.40. The molecule has 19 heavy (non-hydrogen) atoms. The van der Waals surface area contributed by atoms with E-state index in [9.17, 15) is 0 Å². The van der Waals surface area contributed by atoms with Crippen molar-refractivity contribution in [3.63, 3.8) is 0 Å². The van der Waals surface area contributed by atoms with Crippen LogP contribution in [0.15, 0.2) is 53.3 Å². The lowest BCUT2D eigenvalue weighted by Gasteiger charge is -2.06. The second kappa shape index (κ2) is 5.14. The molecule has 0 bridgehead atoms. The molecule has 3 nitrogen and oxygen atoms in total. The van der Waals surface area contributed by atoms with Gasteiger partial charge in [-0.25, -0.2) is 4.98 Å². The van der Waals surface area contributed by atoms with Crippen LogP contribution in [0.2, 0.25) is 0 Å². The van der Waals surface area contributed by atoms with Crippen LogP contribution in [0.4, 0.5) is 0 Å². The highest BCUT2D eigenvalue weighted by Crippen LogP contribution is 2.33. The Morgan fingerprint density at radius 3 is 2.84 bits per heavy atom. The highest BCUT2D eigenvalue weighted by molar-refractivity contribution is 5.96. The van der Waals surface area contributed by atoms with Crippen molar-refractivity contribution in [2.24, 2.45) is 0 Å². The molecular formula is C16H15NO2. The van der Waals surface area contributed by atoms with Gasteiger partial charge in [-0.1, -0.05) is 49.4 Å². The quantitative estimate of drug-likeness (QED) is 0.696. The third-order valence-corrected chi connectivity index (χ3v) is 3.02. The second-order valence-electron chi connectivity index (χ2n) is 4.36. The van der Waals surface area contributed by atoms with Crippen LogP contribution in [0.1, 0.15) is 13.3 Å². The van der Waals surface area contributed by atoms with Crippen molar-refractivity contribution in [3.8, 4) is 17.2 Å². The largest absolute Gasteiger partial charge is 0.464 e. The number of hydrogen-bond donors (Lipinski definition) is 0. The average molecular weight is 253 g/mol. The van der Waals surface area contributed by atoms with Crippen LogP contribution in [-0.4, -0.2) is 11.6 Å². The lowest BCUT2D eigenvalue weighted by atomic mass is 10.0.